The molecule has 0 aliphatic heterocycles. The quantitative estimate of drug-likeness (QED) is 0.220. The third-order valence-electron chi connectivity index (χ3n) is 5.33. The molecule has 0 saturated carbocycles. The predicted octanol–water partition coefficient (Wildman–Crippen LogP) is 5.11. The van der Waals surface area contributed by atoms with Crippen molar-refractivity contribution in [2.24, 2.45) is 0 Å². The Morgan fingerprint density at radius 1 is 1.16 bits per heavy atom. The summed E-state index contributed by atoms with van der Waals surface area (Å²) in [6.07, 6.45) is -0.396. The Balaban J connectivity index is 1.73. The molecule has 3 aromatic rings. The van der Waals surface area contributed by atoms with Gasteiger partial charge in [0.2, 0.25) is 0 Å². The predicted molar refractivity (Wildman–Crippen MR) is 141 cm³/mol. The van der Waals surface area contributed by atoms with Crippen molar-refractivity contribution in [3.8, 4) is 22.9 Å². The number of ether oxygens (including phenoxy) is 1. The SMILES string of the molecule is CC(C)(Cc1ccc(Cl)s1)NCC(COc1cc(-c2ccc(C(=O)O)cc2)ccc1C#N)OP(=O)(O)O. The fourth-order valence-electron chi connectivity index (χ4n) is 3.56. The monoisotopic (exact) mass is 564 g/mol. The standard InChI is InChI=1S/C25H26ClN2O7PS/c1-25(2,12-21-9-10-23(26)37-21)28-14-20(35-36(31,32)33)15-34-22-11-18(7-8-19(22)13-27)16-3-5-17(6-4-16)24(29)30/h3-11,20,28H,12,14-15H2,1-2H3,(H,29,30)(H2,31,32,33). The number of benzene rings is 2. The van der Waals surface area contributed by atoms with E-state index in [0.717, 1.165) is 4.88 Å². The summed E-state index contributed by atoms with van der Waals surface area (Å²) < 4.78 is 23.0. The average Bonchev–Trinajstić information content (AvgIpc) is 3.23. The molecule has 1 unspecified atom stereocenters. The van der Waals surface area contributed by atoms with Crippen molar-refractivity contribution in [2.75, 3.05) is 13.2 Å². The molecule has 0 aliphatic carbocycles. The maximum atomic E-state index is 11.6. The number of phosphoric ester groups is 1. The highest BCUT2D eigenvalue weighted by atomic mass is 35.5. The van der Waals surface area contributed by atoms with Gasteiger partial charge in [-0.05, 0) is 67.8 Å². The molecule has 37 heavy (non-hydrogen) atoms. The Morgan fingerprint density at radius 2 is 1.84 bits per heavy atom. The molecule has 0 aliphatic rings. The van der Waals surface area contributed by atoms with Crippen LogP contribution in [-0.2, 0) is 15.5 Å². The lowest BCUT2D eigenvalue weighted by Gasteiger charge is -2.29. The number of nitrogens with one attached hydrogen (secondary N) is 1. The Bertz CT molecular complexity index is 1330. The molecule has 4 N–H and O–H groups in total. The summed E-state index contributed by atoms with van der Waals surface area (Å²) >= 11 is 7.47. The number of hydrogen-bond donors (Lipinski definition) is 4. The van der Waals surface area contributed by atoms with E-state index in [9.17, 15) is 24.4 Å². The van der Waals surface area contributed by atoms with Crippen LogP contribution in [0.1, 0.15) is 34.6 Å². The van der Waals surface area contributed by atoms with E-state index < -0.39 is 25.4 Å². The van der Waals surface area contributed by atoms with E-state index in [2.05, 4.69) is 5.32 Å². The first-order valence-electron chi connectivity index (χ1n) is 11.1. The molecule has 12 heteroatoms. The minimum Gasteiger partial charge on any atom is -0.489 e. The molecule has 0 amide bonds. The van der Waals surface area contributed by atoms with Gasteiger partial charge in [0, 0.05) is 17.0 Å². The lowest BCUT2D eigenvalue weighted by Crippen LogP contribution is -2.46. The fourth-order valence-corrected chi connectivity index (χ4v) is 5.40. The Morgan fingerprint density at radius 3 is 2.41 bits per heavy atom. The van der Waals surface area contributed by atoms with E-state index in [0.29, 0.717) is 21.9 Å². The molecule has 0 bridgehead atoms. The van der Waals surface area contributed by atoms with Crippen LogP contribution in [-0.4, -0.2) is 45.7 Å². The van der Waals surface area contributed by atoms with Gasteiger partial charge in [-0.2, -0.15) is 5.26 Å². The molecule has 0 fully saturated rings. The first kappa shape index (κ1) is 28.8. The van der Waals surface area contributed by atoms with E-state index in [-0.39, 0.29) is 30.0 Å². The zero-order chi connectivity index (χ0) is 27.2. The maximum absolute atomic E-state index is 11.6. The van der Waals surface area contributed by atoms with Gasteiger partial charge >= 0.3 is 13.8 Å². The average molecular weight is 565 g/mol. The van der Waals surface area contributed by atoms with Gasteiger partial charge in [-0.3, -0.25) is 4.52 Å². The first-order valence-corrected chi connectivity index (χ1v) is 13.8. The fraction of sp³-hybridized carbons (Fsp3) is 0.280. The number of aromatic carboxylic acids is 1. The number of carboxylic acids is 1. The van der Waals surface area contributed by atoms with Crippen molar-refractivity contribution in [3.63, 3.8) is 0 Å². The van der Waals surface area contributed by atoms with Gasteiger partial charge in [0.15, 0.2) is 0 Å². The van der Waals surface area contributed by atoms with Crippen LogP contribution in [0.4, 0.5) is 0 Å². The highest BCUT2D eigenvalue weighted by Crippen LogP contribution is 2.38. The number of hydrogen-bond acceptors (Lipinski definition) is 7. The number of phosphoric acid groups is 1. The van der Waals surface area contributed by atoms with Gasteiger partial charge in [-0.25, -0.2) is 9.36 Å². The largest absolute Gasteiger partial charge is 0.489 e. The second kappa shape index (κ2) is 12.2. The van der Waals surface area contributed by atoms with Crippen molar-refractivity contribution in [2.45, 2.75) is 31.9 Å². The van der Waals surface area contributed by atoms with E-state index in [1.807, 2.05) is 32.0 Å². The number of carboxylic acid groups (broad SMARTS) is 1. The van der Waals surface area contributed by atoms with E-state index in [1.165, 1.54) is 23.5 Å². The van der Waals surface area contributed by atoms with Crippen LogP contribution in [0.25, 0.3) is 11.1 Å². The summed E-state index contributed by atoms with van der Waals surface area (Å²) in [6.45, 7) is 3.72. The van der Waals surface area contributed by atoms with Gasteiger partial charge in [0.05, 0.1) is 15.5 Å². The number of carbonyl (C=O) groups is 1. The van der Waals surface area contributed by atoms with E-state index in [1.54, 1.807) is 30.3 Å². The van der Waals surface area contributed by atoms with Crippen molar-refractivity contribution in [1.29, 1.82) is 5.26 Å². The molecule has 1 aromatic heterocycles. The normalized spacial score (nSPS) is 12.6. The lowest BCUT2D eigenvalue weighted by atomic mass is 9.99. The van der Waals surface area contributed by atoms with Crippen LogP contribution in [0.3, 0.4) is 0 Å². The third-order valence-corrected chi connectivity index (χ3v) is 7.14. The minimum atomic E-state index is -4.83. The lowest BCUT2D eigenvalue weighted by molar-refractivity contribution is 0.0696. The smallest absolute Gasteiger partial charge is 0.470 e. The third kappa shape index (κ3) is 8.95. The molecule has 0 saturated heterocycles. The van der Waals surface area contributed by atoms with Crippen LogP contribution < -0.4 is 10.1 Å². The van der Waals surface area contributed by atoms with Crippen LogP contribution in [0.5, 0.6) is 5.75 Å². The van der Waals surface area contributed by atoms with Crippen LogP contribution >= 0.6 is 30.8 Å². The van der Waals surface area contributed by atoms with Crippen LogP contribution in [0.15, 0.2) is 54.6 Å². The maximum Gasteiger partial charge on any atom is 0.470 e. The second-order valence-electron chi connectivity index (χ2n) is 8.88. The molecular formula is C25H26ClN2O7PS. The molecule has 1 heterocycles. The molecule has 0 spiro atoms. The summed E-state index contributed by atoms with van der Waals surface area (Å²) in [7, 11) is -4.83. The number of nitriles is 1. The Hall–Kier alpha value is -2.74. The van der Waals surface area contributed by atoms with Crippen LogP contribution in [0, 0.1) is 11.3 Å². The summed E-state index contributed by atoms with van der Waals surface area (Å²) in [5.74, 6) is -0.836. The number of thiophene rings is 1. The summed E-state index contributed by atoms with van der Waals surface area (Å²) in [5, 5.41) is 21.9. The number of rotatable bonds is 12. The molecule has 3 rings (SSSR count). The summed E-state index contributed by atoms with van der Waals surface area (Å²) in [5.41, 5.74) is 1.31. The highest BCUT2D eigenvalue weighted by molar-refractivity contribution is 7.46. The zero-order valence-corrected chi connectivity index (χ0v) is 22.5. The number of nitrogens with zero attached hydrogens (tertiary/aromatic N) is 1. The highest BCUT2D eigenvalue weighted by Gasteiger charge is 2.27. The van der Waals surface area contributed by atoms with Crippen molar-refractivity contribution < 1.29 is 33.5 Å². The first-order chi connectivity index (χ1) is 17.3. The van der Waals surface area contributed by atoms with Crippen LogP contribution in [0.2, 0.25) is 4.34 Å². The van der Waals surface area contributed by atoms with Gasteiger partial charge in [-0.1, -0.05) is 29.8 Å². The number of halogens is 1. The second-order valence-corrected chi connectivity index (χ2v) is 11.9. The minimum absolute atomic E-state index is 0.0649. The molecule has 196 valence electrons. The van der Waals surface area contributed by atoms with Gasteiger partial charge < -0.3 is 24.9 Å². The van der Waals surface area contributed by atoms with Gasteiger partial charge in [-0.15, -0.1) is 11.3 Å². The molecule has 0 radical (unpaired) electrons. The van der Waals surface area contributed by atoms with Crippen molar-refractivity contribution in [1.82, 2.24) is 5.32 Å². The molecule has 2 aromatic carbocycles. The van der Waals surface area contributed by atoms with Crippen molar-refractivity contribution >= 4 is 36.7 Å². The Labute approximate surface area is 223 Å². The van der Waals surface area contributed by atoms with E-state index >= 15 is 0 Å². The molecular weight excluding hydrogens is 539 g/mol. The van der Waals surface area contributed by atoms with E-state index in [4.69, 9.17) is 26.0 Å². The molecule has 9 nitrogen and oxygen atoms in total. The zero-order valence-electron chi connectivity index (χ0n) is 20.1. The topological polar surface area (TPSA) is 149 Å². The summed E-state index contributed by atoms with van der Waals surface area (Å²) in [4.78, 5) is 31.0. The van der Waals surface area contributed by atoms with Gasteiger partial charge in [0.25, 0.3) is 0 Å². The van der Waals surface area contributed by atoms with Gasteiger partial charge in [0.1, 0.15) is 24.5 Å². The van der Waals surface area contributed by atoms with Crippen molar-refractivity contribution in [3.05, 3.63) is 74.9 Å². The molecule has 1 atom stereocenters. The summed E-state index contributed by atoms with van der Waals surface area (Å²) in [6, 6.07) is 16.9. The Kier molecular flexibility index (Phi) is 9.51.